The fraction of sp³-hybridized carbons (Fsp3) is 0.500. The topological polar surface area (TPSA) is 98.9 Å². The van der Waals surface area contributed by atoms with Gasteiger partial charge in [-0.2, -0.15) is 0 Å². The average Bonchev–Trinajstić information content (AvgIpc) is 2.53. The Balaban J connectivity index is 0.00000225. The van der Waals surface area contributed by atoms with Crippen LogP contribution in [0.2, 0.25) is 5.02 Å². The summed E-state index contributed by atoms with van der Waals surface area (Å²) in [4.78, 5) is 16.8. The number of pyridine rings is 1. The van der Waals surface area contributed by atoms with Crippen LogP contribution in [0.25, 0.3) is 5.65 Å². The van der Waals surface area contributed by atoms with E-state index in [9.17, 15) is 15.0 Å². The number of hydrogen-bond donors (Lipinski definition) is 4. The largest absolute Gasteiger partial charge is 0.392 e. The maximum Gasteiger partial charge on any atom is 0.281 e. The van der Waals surface area contributed by atoms with Gasteiger partial charge in [-0.3, -0.25) is 9.20 Å². The van der Waals surface area contributed by atoms with Crippen molar-refractivity contribution in [3.05, 3.63) is 39.4 Å². The fourth-order valence-electron chi connectivity index (χ4n) is 3.07. The first-order valence-electron chi connectivity index (χ1n) is 7.99. The van der Waals surface area contributed by atoms with Gasteiger partial charge in [0.05, 0.1) is 17.3 Å². The van der Waals surface area contributed by atoms with Crippen molar-refractivity contribution in [1.29, 1.82) is 0 Å². The van der Waals surface area contributed by atoms with Gasteiger partial charge in [0, 0.05) is 18.7 Å². The monoisotopic (exact) mass is 388 g/mol. The molecule has 1 aliphatic rings. The number of aliphatic hydroxyl groups excluding tert-OH is 2. The zero-order chi connectivity index (χ0) is 17.3. The summed E-state index contributed by atoms with van der Waals surface area (Å²) in [5.74, 6) is 0. The van der Waals surface area contributed by atoms with E-state index in [-0.39, 0.29) is 36.1 Å². The molecule has 9 heteroatoms. The number of hydrogen-bond acceptors (Lipinski definition) is 6. The highest BCUT2D eigenvalue weighted by molar-refractivity contribution is 6.30. The molecule has 7 nitrogen and oxygen atoms in total. The minimum absolute atomic E-state index is 0. The second-order valence-electron chi connectivity index (χ2n) is 6.18. The van der Waals surface area contributed by atoms with Gasteiger partial charge in [-0.05, 0) is 37.9 Å². The standard InChI is InChI=1S/C16H21ClN4O3.ClH/c1-9-5-10(17)8-21-15(9)19-7-12(16(21)24)20-14(23)6-11-13(22)3-2-4-18-11;/h5,7-8,11,13-14,18,20,22-23H,2-4,6H2,1H3;1H/t11-,13+,14+;/m1./s1. The Kier molecular flexibility index (Phi) is 6.65. The Labute approximate surface area is 156 Å². The number of halogens is 2. The number of aryl methyl sites for hydroxylation is 1. The second kappa shape index (κ2) is 8.33. The van der Waals surface area contributed by atoms with Crippen LogP contribution in [-0.4, -0.2) is 44.5 Å². The van der Waals surface area contributed by atoms with Gasteiger partial charge >= 0.3 is 0 Å². The quantitative estimate of drug-likeness (QED) is 0.589. The highest BCUT2D eigenvalue weighted by Crippen LogP contribution is 2.16. The zero-order valence-corrected chi connectivity index (χ0v) is 15.3. The van der Waals surface area contributed by atoms with Crippen molar-refractivity contribution in [3.63, 3.8) is 0 Å². The van der Waals surface area contributed by atoms with Crippen LogP contribution in [-0.2, 0) is 0 Å². The van der Waals surface area contributed by atoms with Crippen molar-refractivity contribution in [3.8, 4) is 0 Å². The van der Waals surface area contributed by atoms with Crippen LogP contribution < -0.4 is 16.2 Å². The molecule has 0 bridgehead atoms. The predicted octanol–water partition coefficient (Wildman–Crippen LogP) is 1.31. The molecule has 0 radical (unpaired) electrons. The Morgan fingerprint density at radius 1 is 1.56 bits per heavy atom. The summed E-state index contributed by atoms with van der Waals surface area (Å²) in [6.07, 6.45) is 3.36. The number of nitrogens with one attached hydrogen (secondary N) is 2. The number of anilines is 1. The second-order valence-corrected chi connectivity index (χ2v) is 6.61. The van der Waals surface area contributed by atoms with Gasteiger partial charge in [0.1, 0.15) is 17.6 Å². The van der Waals surface area contributed by atoms with Gasteiger partial charge in [0.25, 0.3) is 5.56 Å². The van der Waals surface area contributed by atoms with Crippen molar-refractivity contribution >= 4 is 35.3 Å². The molecule has 0 amide bonds. The molecule has 3 heterocycles. The van der Waals surface area contributed by atoms with Crippen molar-refractivity contribution in [2.24, 2.45) is 0 Å². The summed E-state index contributed by atoms with van der Waals surface area (Å²) >= 11 is 6.01. The number of piperidine rings is 1. The summed E-state index contributed by atoms with van der Waals surface area (Å²) < 4.78 is 1.36. The van der Waals surface area contributed by atoms with Crippen LogP contribution in [0.15, 0.2) is 23.3 Å². The Morgan fingerprint density at radius 2 is 2.32 bits per heavy atom. The van der Waals surface area contributed by atoms with Gasteiger partial charge < -0.3 is 20.8 Å². The summed E-state index contributed by atoms with van der Waals surface area (Å²) in [6, 6.07) is 1.54. The highest BCUT2D eigenvalue weighted by atomic mass is 35.5. The van der Waals surface area contributed by atoms with Crippen LogP contribution in [0.4, 0.5) is 5.69 Å². The third kappa shape index (κ3) is 4.43. The number of fused-ring (bicyclic) bond motifs is 1. The van der Waals surface area contributed by atoms with Crippen LogP contribution in [0.1, 0.15) is 24.8 Å². The summed E-state index contributed by atoms with van der Waals surface area (Å²) in [5.41, 5.74) is 1.17. The maximum absolute atomic E-state index is 12.6. The Hall–Kier alpha value is -1.38. The molecule has 0 saturated carbocycles. The average molecular weight is 389 g/mol. The first-order chi connectivity index (χ1) is 11.5. The van der Waals surface area contributed by atoms with E-state index in [1.54, 1.807) is 6.07 Å². The fourth-order valence-corrected chi connectivity index (χ4v) is 3.33. The van der Waals surface area contributed by atoms with Crippen molar-refractivity contribution in [1.82, 2.24) is 14.7 Å². The molecule has 138 valence electrons. The molecule has 1 fully saturated rings. The van der Waals surface area contributed by atoms with E-state index in [0.29, 0.717) is 17.1 Å². The van der Waals surface area contributed by atoms with E-state index in [1.807, 2.05) is 6.92 Å². The molecular weight excluding hydrogens is 367 g/mol. The minimum Gasteiger partial charge on any atom is -0.392 e. The van der Waals surface area contributed by atoms with Crippen LogP contribution in [0, 0.1) is 6.92 Å². The lowest BCUT2D eigenvalue weighted by Crippen LogP contribution is -2.47. The highest BCUT2D eigenvalue weighted by Gasteiger charge is 2.25. The first-order valence-corrected chi connectivity index (χ1v) is 8.37. The van der Waals surface area contributed by atoms with Gasteiger partial charge in [0.2, 0.25) is 0 Å². The summed E-state index contributed by atoms with van der Waals surface area (Å²) in [7, 11) is 0. The molecule has 0 unspecified atom stereocenters. The smallest absolute Gasteiger partial charge is 0.281 e. The van der Waals surface area contributed by atoms with Gasteiger partial charge in [-0.25, -0.2) is 4.98 Å². The molecule has 0 aliphatic carbocycles. The van der Waals surface area contributed by atoms with Crippen molar-refractivity contribution < 1.29 is 10.2 Å². The molecule has 0 aromatic carbocycles. The van der Waals surface area contributed by atoms with E-state index >= 15 is 0 Å². The molecular formula is C16H22Cl2N4O3. The molecule has 2 aromatic heterocycles. The normalized spacial score (nSPS) is 21.6. The van der Waals surface area contributed by atoms with Gasteiger partial charge in [-0.1, -0.05) is 11.6 Å². The zero-order valence-electron chi connectivity index (χ0n) is 13.8. The third-order valence-electron chi connectivity index (χ3n) is 4.30. The lowest BCUT2D eigenvalue weighted by molar-refractivity contribution is 0.0669. The van der Waals surface area contributed by atoms with E-state index in [2.05, 4.69) is 15.6 Å². The molecule has 1 saturated heterocycles. The molecule has 3 rings (SSSR count). The van der Waals surface area contributed by atoms with Gasteiger partial charge in [0.15, 0.2) is 0 Å². The van der Waals surface area contributed by atoms with Crippen LogP contribution >= 0.6 is 24.0 Å². The number of rotatable bonds is 4. The summed E-state index contributed by atoms with van der Waals surface area (Å²) in [5, 5.41) is 26.6. The first kappa shape index (κ1) is 19.9. The number of nitrogens with zero attached hydrogens (tertiary/aromatic N) is 2. The molecule has 25 heavy (non-hydrogen) atoms. The third-order valence-corrected chi connectivity index (χ3v) is 4.51. The van der Waals surface area contributed by atoms with E-state index in [0.717, 1.165) is 18.5 Å². The van der Waals surface area contributed by atoms with E-state index in [4.69, 9.17) is 11.6 Å². The molecule has 0 spiro atoms. The Bertz CT molecular complexity index is 799. The van der Waals surface area contributed by atoms with Crippen molar-refractivity contribution in [2.45, 2.75) is 44.6 Å². The molecule has 3 atom stereocenters. The maximum atomic E-state index is 12.6. The van der Waals surface area contributed by atoms with Crippen LogP contribution in [0.3, 0.4) is 0 Å². The molecule has 4 N–H and O–H groups in total. The molecule has 2 aromatic rings. The van der Waals surface area contributed by atoms with Crippen molar-refractivity contribution in [2.75, 3.05) is 11.9 Å². The van der Waals surface area contributed by atoms with E-state index in [1.165, 1.54) is 16.8 Å². The predicted molar refractivity (Wildman–Crippen MR) is 99.7 cm³/mol. The van der Waals surface area contributed by atoms with E-state index < -0.39 is 12.3 Å². The van der Waals surface area contributed by atoms with Gasteiger partial charge in [-0.15, -0.1) is 12.4 Å². The lowest BCUT2D eigenvalue weighted by atomic mass is 9.98. The van der Waals surface area contributed by atoms with Crippen LogP contribution in [0.5, 0.6) is 0 Å². The molecule has 1 aliphatic heterocycles. The number of aliphatic hydroxyl groups is 2. The summed E-state index contributed by atoms with van der Waals surface area (Å²) in [6.45, 7) is 2.64. The lowest BCUT2D eigenvalue weighted by Gasteiger charge is -2.30. The Morgan fingerprint density at radius 3 is 3.04 bits per heavy atom. The minimum atomic E-state index is -0.969. The SMILES string of the molecule is Cc1cc(Cl)cn2c(=O)c(N[C@@H](O)C[C@H]3NCCC[C@@H]3O)cnc12.Cl. The number of aromatic nitrogens is 2.